The molecule has 20 heavy (non-hydrogen) atoms. The van der Waals surface area contributed by atoms with Gasteiger partial charge in [0.15, 0.2) is 0 Å². The van der Waals surface area contributed by atoms with Gasteiger partial charge in [-0.25, -0.2) is 12.8 Å². The van der Waals surface area contributed by atoms with Gasteiger partial charge in [-0.15, -0.1) is 0 Å². The molecule has 0 unspecified atom stereocenters. The molecule has 0 aromatic heterocycles. The quantitative estimate of drug-likeness (QED) is 0.870. The van der Waals surface area contributed by atoms with Crippen molar-refractivity contribution >= 4 is 31.9 Å². The number of carboxylic acid groups (broad SMARTS) is 1. The van der Waals surface area contributed by atoms with Crippen molar-refractivity contribution < 1.29 is 27.4 Å². The molecule has 1 aliphatic heterocycles. The fourth-order valence-electron chi connectivity index (χ4n) is 1.90. The topological polar surface area (TPSA) is 83.9 Å². The molecule has 0 radical (unpaired) electrons. The minimum absolute atomic E-state index is 0.0469. The number of hydrogen-bond acceptors (Lipinski definition) is 4. The van der Waals surface area contributed by atoms with Crippen molar-refractivity contribution in [2.75, 3.05) is 13.7 Å². The van der Waals surface area contributed by atoms with Gasteiger partial charge >= 0.3 is 5.97 Å². The van der Waals surface area contributed by atoms with Gasteiger partial charge < -0.3 is 9.84 Å². The number of benzene rings is 1. The van der Waals surface area contributed by atoms with Gasteiger partial charge in [0.25, 0.3) is 0 Å². The molecular weight excluding hydrogens is 357 g/mol. The highest BCUT2D eigenvalue weighted by atomic mass is 79.9. The first-order chi connectivity index (χ1) is 9.28. The van der Waals surface area contributed by atoms with Crippen LogP contribution in [0.2, 0.25) is 0 Å². The molecule has 9 heteroatoms. The Morgan fingerprint density at radius 2 is 2.20 bits per heavy atom. The van der Waals surface area contributed by atoms with Crippen molar-refractivity contribution in [3.05, 3.63) is 22.4 Å². The third-order valence-corrected chi connectivity index (χ3v) is 5.59. The maximum absolute atomic E-state index is 13.6. The molecule has 1 aromatic carbocycles. The number of carboxylic acids is 1. The van der Waals surface area contributed by atoms with Gasteiger partial charge in [0.1, 0.15) is 22.5 Å². The van der Waals surface area contributed by atoms with E-state index in [1.165, 1.54) is 13.2 Å². The smallest absolute Gasteiger partial charge is 0.322 e. The van der Waals surface area contributed by atoms with E-state index in [2.05, 4.69) is 15.9 Å². The van der Waals surface area contributed by atoms with Gasteiger partial charge in [0, 0.05) is 6.54 Å². The summed E-state index contributed by atoms with van der Waals surface area (Å²) in [7, 11) is -2.86. The number of rotatable bonds is 4. The van der Waals surface area contributed by atoms with E-state index in [0.717, 1.165) is 10.4 Å². The Kier molecular flexibility index (Phi) is 4.03. The molecule has 110 valence electrons. The third kappa shape index (κ3) is 2.40. The summed E-state index contributed by atoms with van der Waals surface area (Å²) in [5.74, 6) is -2.04. The van der Waals surface area contributed by atoms with E-state index in [1.54, 1.807) is 0 Å². The van der Waals surface area contributed by atoms with Gasteiger partial charge in [-0.1, -0.05) is 0 Å². The highest BCUT2D eigenvalue weighted by molar-refractivity contribution is 9.10. The zero-order valence-corrected chi connectivity index (χ0v) is 12.7. The SMILES string of the molecule is COc1cc(Br)c(F)cc1S(=O)(=O)N1CC[C@H]1C(=O)O. The van der Waals surface area contributed by atoms with Crippen LogP contribution in [0.4, 0.5) is 4.39 Å². The van der Waals surface area contributed by atoms with E-state index in [9.17, 15) is 17.6 Å². The number of hydrogen-bond donors (Lipinski definition) is 1. The molecule has 1 atom stereocenters. The average molecular weight is 368 g/mol. The van der Waals surface area contributed by atoms with Crippen molar-refractivity contribution in [2.24, 2.45) is 0 Å². The van der Waals surface area contributed by atoms with E-state index in [-0.39, 0.29) is 28.1 Å². The first kappa shape index (κ1) is 15.2. The highest BCUT2D eigenvalue weighted by Gasteiger charge is 2.44. The van der Waals surface area contributed by atoms with Gasteiger partial charge in [-0.05, 0) is 34.5 Å². The lowest BCUT2D eigenvalue weighted by Crippen LogP contribution is -2.54. The van der Waals surface area contributed by atoms with E-state index in [4.69, 9.17) is 9.84 Å². The minimum atomic E-state index is -4.11. The zero-order valence-electron chi connectivity index (χ0n) is 10.3. The second-order valence-corrected chi connectivity index (χ2v) is 6.89. The molecule has 1 aromatic rings. The van der Waals surface area contributed by atoms with E-state index in [0.29, 0.717) is 0 Å². The summed E-state index contributed by atoms with van der Waals surface area (Å²) < 4.78 is 44.1. The number of aliphatic carboxylic acids is 1. The number of carbonyl (C=O) groups is 1. The predicted octanol–water partition coefficient (Wildman–Crippen LogP) is 1.44. The summed E-state index contributed by atoms with van der Waals surface area (Å²) in [6, 6.07) is 0.893. The molecule has 0 amide bonds. The van der Waals surface area contributed by atoms with E-state index in [1.807, 2.05) is 0 Å². The van der Waals surface area contributed by atoms with Crippen LogP contribution in [-0.2, 0) is 14.8 Å². The molecule has 1 heterocycles. The van der Waals surface area contributed by atoms with Crippen LogP contribution >= 0.6 is 15.9 Å². The zero-order chi connectivity index (χ0) is 15.1. The Bertz CT molecular complexity index is 663. The summed E-state index contributed by atoms with van der Waals surface area (Å²) in [5, 5.41) is 8.92. The number of ether oxygens (including phenoxy) is 1. The van der Waals surface area contributed by atoms with Crippen LogP contribution in [0.25, 0.3) is 0 Å². The summed E-state index contributed by atoms with van der Waals surface area (Å²) in [4.78, 5) is 10.5. The van der Waals surface area contributed by atoms with Crippen LogP contribution in [0.5, 0.6) is 5.75 Å². The lowest BCUT2D eigenvalue weighted by atomic mass is 10.1. The molecule has 0 bridgehead atoms. The molecule has 1 fully saturated rings. The summed E-state index contributed by atoms with van der Waals surface area (Å²) in [5.41, 5.74) is 0. The fraction of sp³-hybridized carbons (Fsp3) is 0.364. The number of halogens is 2. The Labute approximate surface area is 123 Å². The van der Waals surface area contributed by atoms with Crippen LogP contribution in [0.15, 0.2) is 21.5 Å². The average Bonchev–Trinajstić information content (AvgIpc) is 2.29. The van der Waals surface area contributed by atoms with E-state index < -0.39 is 27.9 Å². The van der Waals surface area contributed by atoms with Crippen LogP contribution in [0.3, 0.4) is 0 Å². The minimum Gasteiger partial charge on any atom is -0.495 e. The van der Waals surface area contributed by atoms with Crippen molar-refractivity contribution in [1.29, 1.82) is 0 Å². The summed E-state index contributed by atoms with van der Waals surface area (Å²) >= 11 is 2.93. The first-order valence-electron chi connectivity index (χ1n) is 5.56. The molecule has 1 aliphatic rings. The van der Waals surface area contributed by atoms with Crippen LogP contribution in [-0.4, -0.2) is 43.5 Å². The monoisotopic (exact) mass is 367 g/mol. The van der Waals surface area contributed by atoms with Crippen LogP contribution in [0.1, 0.15) is 6.42 Å². The number of methoxy groups -OCH3 is 1. The van der Waals surface area contributed by atoms with E-state index >= 15 is 0 Å². The fourth-order valence-corrected chi connectivity index (χ4v) is 4.00. The number of sulfonamides is 1. The molecule has 6 nitrogen and oxygen atoms in total. The Hall–Kier alpha value is -1.19. The molecule has 1 N–H and O–H groups in total. The van der Waals surface area contributed by atoms with Crippen molar-refractivity contribution in [3.8, 4) is 5.75 Å². The maximum Gasteiger partial charge on any atom is 0.322 e. The summed E-state index contributed by atoms with van der Waals surface area (Å²) in [6.45, 7) is 0.0835. The largest absolute Gasteiger partial charge is 0.495 e. The van der Waals surface area contributed by atoms with Crippen LogP contribution in [0, 0.1) is 5.82 Å². The van der Waals surface area contributed by atoms with Crippen molar-refractivity contribution in [1.82, 2.24) is 4.31 Å². The molecule has 0 spiro atoms. The van der Waals surface area contributed by atoms with Crippen molar-refractivity contribution in [2.45, 2.75) is 17.4 Å². The van der Waals surface area contributed by atoms with Gasteiger partial charge in [0.2, 0.25) is 10.0 Å². The first-order valence-corrected chi connectivity index (χ1v) is 7.80. The second-order valence-electron chi connectivity index (χ2n) is 4.18. The van der Waals surface area contributed by atoms with Gasteiger partial charge in [-0.3, -0.25) is 4.79 Å². The molecule has 0 saturated carbocycles. The molecule has 2 rings (SSSR count). The molecule has 0 aliphatic carbocycles. The maximum atomic E-state index is 13.6. The predicted molar refractivity (Wildman–Crippen MR) is 70.6 cm³/mol. The normalized spacial score (nSPS) is 19.4. The standard InChI is InChI=1S/C11H11BrFNO5S/c1-19-9-4-6(12)7(13)5-10(9)20(17,18)14-3-2-8(14)11(15)16/h4-5,8H,2-3H2,1H3,(H,15,16)/t8-/m0/s1. The second kappa shape index (κ2) is 5.30. The lowest BCUT2D eigenvalue weighted by Gasteiger charge is -2.36. The Morgan fingerprint density at radius 1 is 1.55 bits per heavy atom. The number of nitrogens with zero attached hydrogens (tertiary/aromatic N) is 1. The highest BCUT2D eigenvalue weighted by Crippen LogP contribution is 2.35. The molecular formula is C11H11BrFNO5S. The van der Waals surface area contributed by atoms with Crippen molar-refractivity contribution in [3.63, 3.8) is 0 Å². The molecule has 1 saturated heterocycles. The van der Waals surface area contributed by atoms with Crippen LogP contribution < -0.4 is 4.74 Å². The Morgan fingerprint density at radius 3 is 2.65 bits per heavy atom. The lowest BCUT2D eigenvalue weighted by molar-refractivity contribution is -0.144. The van der Waals surface area contributed by atoms with Gasteiger partial charge in [-0.2, -0.15) is 4.31 Å². The van der Waals surface area contributed by atoms with Gasteiger partial charge in [0.05, 0.1) is 11.6 Å². The Balaban J connectivity index is 2.50. The third-order valence-electron chi connectivity index (χ3n) is 3.05. The summed E-state index contributed by atoms with van der Waals surface area (Å²) in [6.07, 6.45) is 0.232.